The minimum absolute atomic E-state index is 0.207. The fourth-order valence-electron chi connectivity index (χ4n) is 1.71. The molecule has 5 nitrogen and oxygen atoms in total. The number of aliphatic hydroxyl groups excluding tert-OH is 1. The molecule has 0 saturated carbocycles. The Morgan fingerprint density at radius 1 is 1.50 bits per heavy atom. The molecule has 1 aromatic carbocycles. The summed E-state index contributed by atoms with van der Waals surface area (Å²) in [6.07, 6.45) is -0.139. The summed E-state index contributed by atoms with van der Waals surface area (Å²) in [5, 5.41) is 9.24. The summed E-state index contributed by atoms with van der Waals surface area (Å²) in [7, 11) is -2.06. The van der Waals surface area contributed by atoms with Gasteiger partial charge in [-0.3, -0.25) is 0 Å². The Balaban J connectivity index is 2.30. The van der Waals surface area contributed by atoms with Crippen LogP contribution < -0.4 is 0 Å². The molecule has 20 heavy (non-hydrogen) atoms. The van der Waals surface area contributed by atoms with Gasteiger partial charge in [-0.15, -0.1) is 11.3 Å². The van der Waals surface area contributed by atoms with Gasteiger partial charge in [-0.25, -0.2) is 17.7 Å². The van der Waals surface area contributed by atoms with Gasteiger partial charge in [-0.2, -0.15) is 0 Å². The van der Waals surface area contributed by atoms with Gasteiger partial charge in [0.25, 0.3) is 0 Å². The maximum Gasteiger partial charge on any atom is 0.242 e. The molecule has 0 bridgehead atoms. The SMILES string of the molecule is C[C@H](O)CCN(C)S(=O)(=O)c1ccc2nc(Cl)sc2c1. The van der Waals surface area contributed by atoms with E-state index in [9.17, 15) is 13.5 Å². The van der Waals surface area contributed by atoms with Crippen molar-refractivity contribution in [1.29, 1.82) is 0 Å². The van der Waals surface area contributed by atoms with Crippen molar-refractivity contribution < 1.29 is 13.5 Å². The first-order valence-electron chi connectivity index (χ1n) is 6.01. The Kier molecular flexibility index (Phi) is 4.66. The largest absolute Gasteiger partial charge is 0.393 e. The van der Waals surface area contributed by atoms with Crippen LogP contribution in [-0.2, 0) is 10.0 Å². The van der Waals surface area contributed by atoms with Crippen molar-refractivity contribution in [2.24, 2.45) is 0 Å². The van der Waals surface area contributed by atoms with E-state index in [-0.39, 0.29) is 11.4 Å². The number of halogens is 1. The van der Waals surface area contributed by atoms with E-state index in [1.165, 1.54) is 28.8 Å². The van der Waals surface area contributed by atoms with Crippen LogP contribution in [0.5, 0.6) is 0 Å². The van der Waals surface area contributed by atoms with Gasteiger partial charge in [0.1, 0.15) is 0 Å². The molecule has 2 aromatic rings. The zero-order valence-corrected chi connectivity index (χ0v) is 13.5. The number of fused-ring (bicyclic) bond motifs is 1. The van der Waals surface area contributed by atoms with E-state index in [4.69, 9.17) is 11.6 Å². The topological polar surface area (TPSA) is 70.5 Å². The Morgan fingerprint density at radius 3 is 2.85 bits per heavy atom. The number of aromatic nitrogens is 1. The molecule has 0 radical (unpaired) electrons. The van der Waals surface area contributed by atoms with Gasteiger partial charge in [0.15, 0.2) is 4.47 Å². The molecule has 0 aliphatic carbocycles. The van der Waals surface area contributed by atoms with Gasteiger partial charge in [0.05, 0.1) is 21.2 Å². The van der Waals surface area contributed by atoms with E-state index >= 15 is 0 Å². The summed E-state index contributed by atoms with van der Waals surface area (Å²) < 4.78 is 27.1. The molecule has 0 aliphatic heterocycles. The average molecular weight is 335 g/mol. The standard InChI is InChI=1S/C12H15ClN2O3S2/c1-8(16)5-6-15(2)20(17,18)9-3-4-10-11(7-9)19-12(13)14-10/h3-4,7-8,16H,5-6H2,1-2H3/t8-/m0/s1. The van der Waals surface area contributed by atoms with Gasteiger partial charge in [0, 0.05) is 13.6 Å². The van der Waals surface area contributed by atoms with Crippen LogP contribution in [0.25, 0.3) is 10.2 Å². The smallest absolute Gasteiger partial charge is 0.242 e. The van der Waals surface area contributed by atoms with Crippen LogP contribution in [0.1, 0.15) is 13.3 Å². The first-order chi connectivity index (χ1) is 9.30. The van der Waals surface area contributed by atoms with Gasteiger partial charge in [-0.05, 0) is 31.5 Å². The molecule has 0 amide bonds. The van der Waals surface area contributed by atoms with E-state index in [0.717, 1.165) is 4.70 Å². The monoisotopic (exact) mass is 334 g/mol. The predicted molar refractivity (Wildman–Crippen MR) is 80.7 cm³/mol. The Bertz CT molecular complexity index is 713. The number of sulfonamides is 1. The number of nitrogens with zero attached hydrogens (tertiary/aromatic N) is 2. The highest BCUT2D eigenvalue weighted by Gasteiger charge is 2.21. The summed E-state index contributed by atoms with van der Waals surface area (Å²) in [6, 6.07) is 4.74. The van der Waals surface area contributed by atoms with E-state index in [2.05, 4.69) is 4.98 Å². The number of hydrogen-bond donors (Lipinski definition) is 1. The molecule has 1 N–H and O–H groups in total. The molecule has 1 heterocycles. The second-order valence-electron chi connectivity index (χ2n) is 4.56. The van der Waals surface area contributed by atoms with Gasteiger partial charge >= 0.3 is 0 Å². The lowest BCUT2D eigenvalue weighted by molar-refractivity contribution is 0.177. The van der Waals surface area contributed by atoms with Crippen molar-refractivity contribution in [1.82, 2.24) is 9.29 Å². The van der Waals surface area contributed by atoms with E-state index in [0.29, 0.717) is 16.4 Å². The van der Waals surface area contributed by atoms with Crippen molar-refractivity contribution in [3.8, 4) is 0 Å². The van der Waals surface area contributed by atoms with Crippen LogP contribution in [0.15, 0.2) is 23.1 Å². The Morgan fingerprint density at radius 2 is 2.20 bits per heavy atom. The van der Waals surface area contributed by atoms with Crippen LogP contribution in [0, 0.1) is 0 Å². The van der Waals surface area contributed by atoms with E-state index < -0.39 is 16.1 Å². The molecule has 0 saturated heterocycles. The van der Waals surface area contributed by atoms with Crippen molar-refractivity contribution >= 4 is 43.2 Å². The summed E-state index contributed by atoms with van der Waals surface area (Å²) in [4.78, 5) is 4.29. The maximum atomic E-state index is 12.4. The molecule has 1 aromatic heterocycles. The molecule has 2 rings (SSSR count). The molecule has 0 fully saturated rings. The zero-order valence-electron chi connectivity index (χ0n) is 11.1. The second kappa shape index (κ2) is 5.95. The lowest BCUT2D eigenvalue weighted by Crippen LogP contribution is -2.29. The van der Waals surface area contributed by atoms with Crippen LogP contribution in [0.2, 0.25) is 4.47 Å². The molecule has 8 heteroatoms. The summed E-state index contributed by atoms with van der Waals surface area (Å²) in [6.45, 7) is 1.90. The third-order valence-corrected chi connectivity index (χ3v) is 5.88. The first kappa shape index (κ1) is 15.7. The maximum absolute atomic E-state index is 12.4. The fourth-order valence-corrected chi connectivity index (χ4v) is 4.06. The van der Waals surface area contributed by atoms with Crippen molar-refractivity contribution in [2.75, 3.05) is 13.6 Å². The normalized spacial score (nSPS) is 14.1. The second-order valence-corrected chi connectivity index (χ2v) is 8.22. The predicted octanol–water partition coefficient (Wildman–Crippen LogP) is 2.34. The number of aliphatic hydroxyl groups is 1. The van der Waals surface area contributed by atoms with Crippen molar-refractivity contribution in [3.05, 3.63) is 22.7 Å². The lowest BCUT2D eigenvalue weighted by Gasteiger charge is -2.17. The highest BCUT2D eigenvalue weighted by atomic mass is 35.5. The Labute approximate surface area is 126 Å². The fraction of sp³-hybridized carbons (Fsp3) is 0.417. The average Bonchev–Trinajstić information content (AvgIpc) is 2.74. The summed E-state index contributed by atoms with van der Waals surface area (Å²) >= 11 is 7.06. The minimum atomic E-state index is -3.56. The molecular weight excluding hydrogens is 320 g/mol. The van der Waals surface area contributed by atoms with Gasteiger partial charge in [-0.1, -0.05) is 11.6 Å². The van der Waals surface area contributed by atoms with Crippen molar-refractivity contribution in [3.63, 3.8) is 0 Å². The number of hydrogen-bond acceptors (Lipinski definition) is 5. The highest BCUT2D eigenvalue weighted by molar-refractivity contribution is 7.89. The van der Waals surface area contributed by atoms with Gasteiger partial charge < -0.3 is 5.11 Å². The lowest BCUT2D eigenvalue weighted by atomic mass is 10.3. The molecule has 1 atom stereocenters. The summed E-state index contributed by atoms with van der Waals surface area (Å²) in [5.74, 6) is 0. The molecular formula is C12H15ClN2O3S2. The third kappa shape index (κ3) is 3.29. The van der Waals surface area contributed by atoms with Crippen LogP contribution in [-0.4, -0.2) is 42.5 Å². The van der Waals surface area contributed by atoms with Crippen LogP contribution in [0.3, 0.4) is 0 Å². The third-order valence-electron chi connectivity index (χ3n) is 2.90. The molecule has 0 unspecified atom stereocenters. The number of rotatable bonds is 5. The summed E-state index contributed by atoms with van der Waals surface area (Å²) in [5.41, 5.74) is 0.686. The number of thiazole rings is 1. The molecule has 110 valence electrons. The van der Waals surface area contributed by atoms with E-state index in [1.807, 2.05) is 0 Å². The molecule has 0 aliphatic rings. The van der Waals surface area contributed by atoms with E-state index in [1.54, 1.807) is 19.1 Å². The first-order valence-corrected chi connectivity index (χ1v) is 8.64. The quantitative estimate of drug-likeness (QED) is 0.911. The zero-order chi connectivity index (χ0) is 14.9. The van der Waals surface area contributed by atoms with Crippen LogP contribution in [0.4, 0.5) is 0 Å². The Hall–Kier alpha value is -0.730. The van der Waals surface area contributed by atoms with Crippen LogP contribution >= 0.6 is 22.9 Å². The highest BCUT2D eigenvalue weighted by Crippen LogP contribution is 2.28. The number of benzene rings is 1. The minimum Gasteiger partial charge on any atom is -0.393 e. The van der Waals surface area contributed by atoms with Gasteiger partial charge in [0.2, 0.25) is 10.0 Å². The molecule has 0 spiro atoms. The van der Waals surface area contributed by atoms with Crippen molar-refractivity contribution in [2.45, 2.75) is 24.3 Å².